The van der Waals surface area contributed by atoms with Crippen LogP contribution in [0.5, 0.6) is 0 Å². The Morgan fingerprint density at radius 2 is 1.55 bits per heavy atom. The second kappa shape index (κ2) is 5.64. The van der Waals surface area contributed by atoms with E-state index in [1.54, 1.807) is 0 Å². The summed E-state index contributed by atoms with van der Waals surface area (Å²) in [6.07, 6.45) is 0.395. The van der Waals surface area contributed by atoms with Crippen molar-refractivity contribution in [2.45, 2.75) is 24.9 Å². The lowest BCUT2D eigenvalue weighted by molar-refractivity contribution is -0.177. The van der Waals surface area contributed by atoms with Crippen LogP contribution in [0.1, 0.15) is 17.5 Å². The first kappa shape index (κ1) is 14.3. The number of benzene rings is 2. The molecular formula is C18H17NO3. The number of carbonyl (C=O) groups excluding carboxylic acids is 1. The zero-order valence-corrected chi connectivity index (χ0v) is 12.1. The SMILES string of the molecule is O=C1C[C@@](Cc2ccccc2)(C(=O)O)N1Cc1ccccc1. The normalized spacial score (nSPS) is 20.5. The number of aliphatic carboxylic acids is 1. The first-order chi connectivity index (χ1) is 10.6. The number of hydrogen-bond acceptors (Lipinski definition) is 2. The van der Waals surface area contributed by atoms with Crippen LogP contribution in [-0.4, -0.2) is 27.4 Å². The van der Waals surface area contributed by atoms with Crippen LogP contribution in [0.3, 0.4) is 0 Å². The summed E-state index contributed by atoms with van der Waals surface area (Å²) < 4.78 is 0. The average Bonchev–Trinajstić information content (AvgIpc) is 2.54. The molecule has 2 aromatic rings. The van der Waals surface area contributed by atoms with Gasteiger partial charge in [0.25, 0.3) is 0 Å². The standard InChI is InChI=1S/C18H17NO3/c20-16-12-18(17(21)22,11-14-7-3-1-4-8-14)19(16)13-15-9-5-2-6-10-15/h1-10H,11-13H2,(H,21,22)/t18-/m0/s1. The summed E-state index contributed by atoms with van der Waals surface area (Å²) in [6.45, 7) is 0.332. The van der Waals surface area contributed by atoms with Crippen molar-refractivity contribution in [3.8, 4) is 0 Å². The maximum absolute atomic E-state index is 12.0. The Kier molecular flexibility index (Phi) is 3.67. The van der Waals surface area contributed by atoms with Gasteiger partial charge in [0.05, 0.1) is 6.42 Å². The molecule has 4 heteroatoms. The van der Waals surface area contributed by atoms with Gasteiger partial charge in [0.15, 0.2) is 5.54 Å². The third-order valence-electron chi connectivity index (χ3n) is 4.18. The monoisotopic (exact) mass is 295 g/mol. The highest BCUT2D eigenvalue weighted by molar-refractivity contribution is 5.98. The summed E-state index contributed by atoms with van der Waals surface area (Å²) in [5.41, 5.74) is 0.735. The summed E-state index contributed by atoms with van der Waals surface area (Å²) in [4.78, 5) is 25.4. The molecule has 1 amide bonds. The van der Waals surface area contributed by atoms with Crippen molar-refractivity contribution in [2.24, 2.45) is 0 Å². The molecule has 3 rings (SSSR count). The molecule has 0 unspecified atom stereocenters. The van der Waals surface area contributed by atoms with E-state index in [2.05, 4.69) is 0 Å². The number of nitrogens with zero attached hydrogens (tertiary/aromatic N) is 1. The van der Waals surface area contributed by atoms with Crippen LogP contribution in [-0.2, 0) is 22.6 Å². The highest BCUT2D eigenvalue weighted by Gasteiger charge is 2.56. The van der Waals surface area contributed by atoms with Gasteiger partial charge in [-0.3, -0.25) is 4.79 Å². The first-order valence-corrected chi connectivity index (χ1v) is 7.23. The minimum absolute atomic E-state index is 0.0596. The Morgan fingerprint density at radius 1 is 1.00 bits per heavy atom. The molecule has 1 atom stereocenters. The number of amides is 1. The lowest BCUT2D eigenvalue weighted by Crippen LogP contribution is -2.68. The van der Waals surface area contributed by atoms with Crippen LogP contribution < -0.4 is 0 Å². The van der Waals surface area contributed by atoms with E-state index in [9.17, 15) is 14.7 Å². The van der Waals surface area contributed by atoms with Crippen molar-refractivity contribution in [3.63, 3.8) is 0 Å². The molecule has 0 bridgehead atoms. The van der Waals surface area contributed by atoms with E-state index in [1.165, 1.54) is 4.90 Å². The Morgan fingerprint density at radius 3 is 2.05 bits per heavy atom. The summed E-state index contributed by atoms with van der Waals surface area (Å²) in [5, 5.41) is 9.72. The molecule has 1 aliphatic rings. The molecule has 0 radical (unpaired) electrons. The number of carbonyl (C=O) groups is 2. The smallest absolute Gasteiger partial charge is 0.330 e. The molecule has 1 N–H and O–H groups in total. The largest absolute Gasteiger partial charge is 0.479 e. The zero-order valence-electron chi connectivity index (χ0n) is 12.1. The molecule has 22 heavy (non-hydrogen) atoms. The molecule has 4 nitrogen and oxygen atoms in total. The number of β-lactam (4-membered cyclic amide) rings is 1. The van der Waals surface area contributed by atoms with E-state index in [4.69, 9.17) is 0 Å². The van der Waals surface area contributed by atoms with E-state index in [-0.39, 0.29) is 12.3 Å². The lowest BCUT2D eigenvalue weighted by atomic mass is 9.78. The third kappa shape index (κ3) is 2.48. The second-order valence-corrected chi connectivity index (χ2v) is 5.64. The summed E-state index contributed by atoms with van der Waals surface area (Å²) in [5.74, 6) is -1.05. The van der Waals surface area contributed by atoms with Crippen LogP contribution in [0.15, 0.2) is 60.7 Å². The number of rotatable bonds is 5. The number of likely N-dealkylation sites (tertiary alicyclic amines) is 1. The van der Waals surface area contributed by atoms with Crippen molar-refractivity contribution in [3.05, 3.63) is 71.8 Å². The Hall–Kier alpha value is -2.62. The number of hydrogen-bond donors (Lipinski definition) is 1. The van der Waals surface area contributed by atoms with Gasteiger partial charge in [0.2, 0.25) is 5.91 Å². The topological polar surface area (TPSA) is 57.6 Å². The summed E-state index contributed by atoms with van der Waals surface area (Å²) >= 11 is 0. The molecule has 0 saturated carbocycles. The number of carboxylic acids is 1. The van der Waals surface area contributed by atoms with E-state index >= 15 is 0 Å². The number of carboxylic acid groups (broad SMARTS) is 1. The molecule has 112 valence electrons. The average molecular weight is 295 g/mol. The molecule has 1 aliphatic heterocycles. The molecule has 1 heterocycles. The Bertz CT molecular complexity index is 684. The molecule has 0 aromatic heterocycles. The van der Waals surface area contributed by atoms with E-state index in [0.29, 0.717) is 13.0 Å². The molecule has 2 aromatic carbocycles. The van der Waals surface area contributed by atoms with Gasteiger partial charge in [0, 0.05) is 13.0 Å². The van der Waals surface area contributed by atoms with Gasteiger partial charge in [0.1, 0.15) is 0 Å². The van der Waals surface area contributed by atoms with Gasteiger partial charge in [-0.05, 0) is 11.1 Å². The highest BCUT2D eigenvalue weighted by atomic mass is 16.4. The third-order valence-corrected chi connectivity index (χ3v) is 4.18. The van der Waals surface area contributed by atoms with Crippen molar-refractivity contribution in [1.29, 1.82) is 0 Å². The van der Waals surface area contributed by atoms with Crippen LogP contribution in [0, 0.1) is 0 Å². The quantitative estimate of drug-likeness (QED) is 0.862. The first-order valence-electron chi connectivity index (χ1n) is 7.23. The summed E-state index contributed by atoms with van der Waals surface area (Å²) in [6, 6.07) is 18.9. The van der Waals surface area contributed by atoms with Crippen molar-refractivity contribution < 1.29 is 14.7 Å². The maximum atomic E-state index is 12.0. The van der Waals surface area contributed by atoms with Crippen molar-refractivity contribution in [2.75, 3.05) is 0 Å². The van der Waals surface area contributed by atoms with Crippen LogP contribution in [0.25, 0.3) is 0 Å². The fourth-order valence-electron chi connectivity index (χ4n) is 2.95. The van der Waals surface area contributed by atoms with Crippen LogP contribution in [0.2, 0.25) is 0 Å². The fourth-order valence-corrected chi connectivity index (χ4v) is 2.95. The van der Waals surface area contributed by atoms with Gasteiger partial charge >= 0.3 is 5.97 Å². The predicted octanol–water partition coefficient (Wildman–Crippen LogP) is 2.49. The molecule has 1 fully saturated rings. The molecule has 0 spiro atoms. The Balaban J connectivity index is 1.87. The lowest BCUT2D eigenvalue weighted by Gasteiger charge is -2.49. The summed E-state index contributed by atoms with van der Waals surface area (Å²) in [7, 11) is 0. The van der Waals surface area contributed by atoms with Gasteiger partial charge < -0.3 is 10.0 Å². The maximum Gasteiger partial charge on any atom is 0.330 e. The van der Waals surface area contributed by atoms with Crippen molar-refractivity contribution in [1.82, 2.24) is 4.90 Å². The van der Waals surface area contributed by atoms with Crippen LogP contribution >= 0.6 is 0 Å². The van der Waals surface area contributed by atoms with E-state index in [1.807, 2.05) is 60.7 Å². The van der Waals surface area contributed by atoms with Crippen molar-refractivity contribution >= 4 is 11.9 Å². The van der Waals surface area contributed by atoms with Crippen LogP contribution in [0.4, 0.5) is 0 Å². The highest BCUT2D eigenvalue weighted by Crippen LogP contribution is 2.37. The van der Waals surface area contributed by atoms with Gasteiger partial charge in [-0.15, -0.1) is 0 Å². The molecule has 0 aliphatic carbocycles. The van der Waals surface area contributed by atoms with E-state index < -0.39 is 11.5 Å². The second-order valence-electron chi connectivity index (χ2n) is 5.64. The molecule has 1 saturated heterocycles. The van der Waals surface area contributed by atoms with E-state index in [0.717, 1.165) is 11.1 Å². The van der Waals surface area contributed by atoms with Gasteiger partial charge in [-0.2, -0.15) is 0 Å². The zero-order chi connectivity index (χ0) is 15.6. The minimum atomic E-state index is -1.13. The minimum Gasteiger partial charge on any atom is -0.479 e. The predicted molar refractivity (Wildman–Crippen MR) is 82.1 cm³/mol. The van der Waals surface area contributed by atoms with Gasteiger partial charge in [-0.1, -0.05) is 60.7 Å². The van der Waals surface area contributed by atoms with Gasteiger partial charge in [-0.25, -0.2) is 4.79 Å². The fraction of sp³-hybridized carbons (Fsp3) is 0.222. The Labute approximate surface area is 129 Å². The molecular weight excluding hydrogens is 278 g/mol.